The summed E-state index contributed by atoms with van der Waals surface area (Å²) >= 11 is 6.30. The van der Waals surface area contributed by atoms with Crippen LogP contribution in [-0.4, -0.2) is 45.8 Å². The van der Waals surface area contributed by atoms with E-state index in [2.05, 4.69) is 42.6 Å². The van der Waals surface area contributed by atoms with Crippen molar-refractivity contribution < 1.29 is 0 Å². The summed E-state index contributed by atoms with van der Waals surface area (Å²) in [7, 11) is 0. The summed E-state index contributed by atoms with van der Waals surface area (Å²) in [4.78, 5) is 11.3. The fourth-order valence-electron chi connectivity index (χ4n) is 2.96. The number of hydrogen-bond acceptors (Lipinski definition) is 7. The molecular weight excluding hydrogens is 352 g/mol. The van der Waals surface area contributed by atoms with Crippen LogP contribution in [-0.2, 0) is 0 Å². The lowest BCUT2D eigenvalue weighted by Gasteiger charge is -2.20. The first-order chi connectivity index (χ1) is 12.2. The van der Waals surface area contributed by atoms with Gasteiger partial charge >= 0.3 is 0 Å². The maximum atomic E-state index is 6.30. The largest absolute Gasteiger partial charge is 0.344 e. The zero-order valence-corrected chi connectivity index (χ0v) is 15.4. The van der Waals surface area contributed by atoms with Crippen LogP contribution in [0.3, 0.4) is 0 Å². The van der Waals surface area contributed by atoms with Gasteiger partial charge in [0.05, 0.1) is 17.9 Å². The second kappa shape index (κ2) is 7.86. The van der Waals surface area contributed by atoms with E-state index in [0.717, 1.165) is 42.6 Å². The summed E-state index contributed by atoms with van der Waals surface area (Å²) in [5, 5.41) is 15.3. The first-order valence-electron chi connectivity index (χ1n) is 8.40. The first kappa shape index (κ1) is 18.4. The lowest BCUT2D eigenvalue weighted by Crippen LogP contribution is -2.30. The molecule has 0 aliphatic carbocycles. The molecule has 3 aromatic rings. The highest BCUT2D eigenvalue weighted by Crippen LogP contribution is 2.26. The van der Waals surface area contributed by atoms with Crippen molar-refractivity contribution in [2.24, 2.45) is 0 Å². The quantitative estimate of drug-likeness (QED) is 0.556. The van der Waals surface area contributed by atoms with Crippen molar-refractivity contribution in [3.05, 3.63) is 35.6 Å². The molecule has 8 nitrogen and oxygen atoms in total. The van der Waals surface area contributed by atoms with Gasteiger partial charge in [0, 0.05) is 36.7 Å². The number of rotatable bonds is 3. The molecule has 138 valence electrons. The topological polar surface area (TPSA) is 117 Å². The number of halogens is 1. The van der Waals surface area contributed by atoms with E-state index < -0.39 is 0 Å². The number of hydrogen-bond donors (Lipinski definition) is 4. The molecule has 0 radical (unpaired) electrons. The summed E-state index contributed by atoms with van der Waals surface area (Å²) in [6, 6.07) is 6.46. The van der Waals surface area contributed by atoms with Crippen molar-refractivity contribution >= 4 is 40.0 Å². The third-order valence-electron chi connectivity index (χ3n) is 4.42. The third kappa shape index (κ3) is 3.87. The van der Waals surface area contributed by atoms with Crippen molar-refractivity contribution in [3.8, 4) is 0 Å². The van der Waals surface area contributed by atoms with E-state index >= 15 is 0 Å². The second-order valence-electron chi connectivity index (χ2n) is 6.29. The van der Waals surface area contributed by atoms with Crippen LogP contribution in [0.1, 0.15) is 13.3 Å². The Morgan fingerprint density at radius 3 is 3.04 bits per heavy atom. The van der Waals surface area contributed by atoms with Gasteiger partial charge in [0.15, 0.2) is 5.82 Å². The molecule has 2 aromatic heterocycles. The van der Waals surface area contributed by atoms with Crippen LogP contribution in [0, 0.1) is 0 Å². The zero-order valence-electron chi connectivity index (χ0n) is 14.7. The van der Waals surface area contributed by atoms with Crippen LogP contribution in [0.2, 0.25) is 5.02 Å². The Kier molecular flexibility index (Phi) is 5.55. The molecule has 1 aromatic carbocycles. The van der Waals surface area contributed by atoms with Gasteiger partial charge in [-0.3, -0.25) is 5.10 Å². The maximum absolute atomic E-state index is 6.30. The molecule has 6 N–H and O–H groups in total. The van der Waals surface area contributed by atoms with Crippen molar-refractivity contribution in [3.63, 3.8) is 0 Å². The van der Waals surface area contributed by atoms with Gasteiger partial charge in [0.25, 0.3) is 0 Å². The van der Waals surface area contributed by atoms with Gasteiger partial charge < -0.3 is 21.7 Å². The second-order valence-corrected chi connectivity index (χ2v) is 6.70. The monoisotopic (exact) mass is 374 g/mol. The molecule has 4 rings (SSSR count). The number of H-pyrrole nitrogens is 1. The van der Waals surface area contributed by atoms with E-state index in [1.54, 1.807) is 12.4 Å². The van der Waals surface area contributed by atoms with E-state index in [1.165, 1.54) is 0 Å². The normalized spacial score (nSPS) is 17.6. The molecule has 0 amide bonds. The molecule has 3 heterocycles. The maximum Gasteiger partial charge on any atom is 0.227 e. The van der Waals surface area contributed by atoms with Gasteiger partial charge in [0.2, 0.25) is 5.95 Å². The standard InChI is InChI=1S/C17H20ClN7.H3N/c1-11-4-6-25(7-5-19-11)17-20-10-14(18)16(23-17)22-13-2-3-15-12(8-13)9-21-24-15;/h2-3,8-11,19H,4-7H2,1H3,(H,21,24)(H,20,22,23);1H3. The van der Waals surface area contributed by atoms with Crippen LogP contribution >= 0.6 is 11.6 Å². The van der Waals surface area contributed by atoms with Gasteiger partial charge in [-0.25, -0.2) is 4.98 Å². The number of nitrogens with zero attached hydrogens (tertiary/aromatic N) is 4. The number of aromatic nitrogens is 4. The van der Waals surface area contributed by atoms with E-state index in [4.69, 9.17) is 11.6 Å². The number of benzene rings is 1. The number of anilines is 3. The van der Waals surface area contributed by atoms with Gasteiger partial charge in [-0.05, 0) is 31.5 Å². The molecular formula is C17H23ClN8. The predicted molar refractivity (Wildman–Crippen MR) is 106 cm³/mol. The molecule has 9 heteroatoms. The Hall–Kier alpha value is -2.42. The van der Waals surface area contributed by atoms with Crippen LogP contribution in [0.25, 0.3) is 10.9 Å². The van der Waals surface area contributed by atoms with Crippen molar-refractivity contribution in [2.45, 2.75) is 19.4 Å². The fourth-order valence-corrected chi connectivity index (χ4v) is 3.10. The minimum absolute atomic E-state index is 0. The summed E-state index contributed by atoms with van der Waals surface area (Å²) in [6.07, 6.45) is 4.51. The zero-order chi connectivity index (χ0) is 17.2. The Labute approximate surface area is 156 Å². The Balaban J connectivity index is 0.00000196. The first-order valence-corrected chi connectivity index (χ1v) is 8.78. The molecule has 26 heavy (non-hydrogen) atoms. The number of fused-ring (bicyclic) bond motifs is 1. The van der Waals surface area contributed by atoms with E-state index in [0.29, 0.717) is 22.8 Å². The molecule has 1 aliphatic rings. The molecule has 1 fully saturated rings. The predicted octanol–water partition coefficient (Wildman–Crippen LogP) is 3.10. The van der Waals surface area contributed by atoms with Crippen molar-refractivity contribution in [2.75, 3.05) is 29.9 Å². The highest BCUT2D eigenvalue weighted by Gasteiger charge is 2.17. The van der Waals surface area contributed by atoms with Crippen LogP contribution in [0.4, 0.5) is 17.5 Å². The molecule has 0 saturated carbocycles. The van der Waals surface area contributed by atoms with Crippen LogP contribution in [0.15, 0.2) is 30.6 Å². The lowest BCUT2D eigenvalue weighted by atomic mass is 10.2. The third-order valence-corrected chi connectivity index (χ3v) is 4.70. The SMILES string of the molecule is CC1CCN(c2ncc(Cl)c(Nc3ccc4[nH]ncc4c3)n2)CCN1.N. The van der Waals surface area contributed by atoms with Gasteiger partial charge in [-0.15, -0.1) is 0 Å². The highest BCUT2D eigenvalue weighted by atomic mass is 35.5. The average Bonchev–Trinajstić information content (AvgIpc) is 2.97. The lowest BCUT2D eigenvalue weighted by molar-refractivity contribution is 0.566. The fraction of sp³-hybridized carbons (Fsp3) is 0.353. The minimum Gasteiger partial charge on any atom is -0.344 e. The van der Waals surface area contributed by atoms with Crippen LogP contribution < -0.4 is 21.7 Å². The average molecular weight is 375 g/mol. The van der Waals surface area contributed by atoms with Gasteiger partial charge in [-0.2, -0.15) is 10.1 Å². The smallest absolute Gasteiger partial charge is 0.227 e. The number of aromatic amines is 1. The Morgan fingerprint density at radius 2 is 2.15 bits per heavy atom. The van der Waals surface area contributed by atoms with E-state index in [-0.39, 0.29) is 6.15 Å². The molecule has 1 atom stereocenters. The van der Waals surface area contributed by atoms with Crippen molar-refractivity contribution in [1.82, 2.24) is 31.6 Å². The molecule has 0 bridgehead atoms. The summed E-state index contributed by atoms with van der Waals surface area (Å²) in [5.41, 5.74) is 1.90. The summed E-state index contributed by atoms with van der Waals surface area (Å²) < 4.78 is 0. The summed E-state index contributed by atoms with van der Waals surface area (Å²) in [6.45, 7) is 4.93. The van der Waals surface area contributed by atoms with Gasteiger partial charge in [-0.1, -0.05) is 11.6 Å². The Bertz CT molecular complexity index is 880. The highest BCUT2D eigenvalue weighted by molar-refractivity contribution is 6.32. The molecule has 1 unspecified atom stereocenters. The molecule has 1 saturated heterocycles. The minimum atomic E-state index is 0. The Morgan fingerprint density at radius 1 is 1.27 bits per heavy atom. The van der Waals surface area contributed by atoms with E-state index in [9.17, 15) is 0 Å². The van der Waals surface area contributed by atoms with E-state index in [1.807, 2.05) is 18.2 Å². The van der Waals surface area contributed by atoms with Gasteiger partial charge in [0.1, 0.15) is 5.02 Å². The molecule has 0 spiro atoms. The number of nitrogens with one attached hydrogen (secondary N) is 3. The summed E-state index contributed by atoms with van der Waals surface area (Å²) in [5.74, 6) is 1.31. The van der Waals surface area contributed by atoms with Crippen LogP contribution in [0.5, 0.6) is 0 Å². The molecule has 1 aliphatic heterocycles. The van der Waals surface area contributed by atoms with Crippen molar-refractivity contribution in [1.29, 1.82) is 0 Å².